The van der Waals surface area contributed by atoms with E-state index in [2.05, 4.69) is 10.1 Å². The fourth-order valence-electron chi connectivity index (χ4n) is 2.59. The average molecular weight is 268 g/mol. The normalized spacial score (nSPS) is 14.8. The minimum absolute atomic E-state index is 0.0276. The van der Waals surface area contributed by atoms with E-state index in [1.165, 1.54) is 0 Å². The number of hydrogen-bond acceptors (Lipinski definition) is 3. The van der Waals surface area contributed by atoms with Gasteiger partial charge in [-0.05, 0) is 6.92 Å². The number of carbonyl (C=O) groups excluding carboxylic acids is 1. The first-order chi connectivity index (χ1) is 9.59. The largest absolute Gasteiger partial charge is 0.298 e. The topological polar surface area (TPSA) is 50.5 Å². The van der Waals surface area contributed by atoms with Crippen LogP contribution in [-0.2, 0) is 11.8 Å². The van der Waals surface area contributed by atoms with Crippen LogP contribution in [0.1, 0.15) is 16.8 Å². The number of hydrogen-bond donors (Lipinski definition) is 0. The number of aliphatic imine (C=N–C) groups is 1. The molecule has 2 heterocycles. The zero-order valence-corrected chi connectivity index (χ0v) is 11.8. The number of benzene rings is 1. The van der Waals surface area contributed by atoms with Crippen molar-refractivity contribution >= 4 is 17.4 Å². The Labute approximate surface area is 117 Å². The molecule has 0 fully saturated rings. The Morgan fingerprint density at radius 2 is 1.85 bits per heavy atom. The third-order valence-corrected chi connectivity index (χ3v) is 3.54. The summed E-state index contributed by atoms with van der Waals surface area (Å²) in [7, 11) is 3.62. The molecule has 3 rings (SSSR count). The van der Waals surface area contributed by atoms with Crippen molar-refractivity contribution in [2.75, 3.05) is 18.5 Å². The average Bonchev–Trinajstić information content (AvgIpc) is 2.66. The van der Waals surface area contributed by atoms with E-state index in [-0.39, 0.29) is 12.5 Å². The lowest BCUT2D eigenvalue weighted by Gasteiger charge is -2.16. The number of likely N-dealkylation sites (N-methyl/N-ethyl adjacent to an activating group) is 1. The highest BCUT2D eigenvalue weighted by atomic mass is 16.2. The molecule has 0 N–H and O–H groups in total. The molecule has 0 saturated heterocycles. The molecule has 0 radical (unpaired) electrons. The van der Waals surface area contributed by atoms with Crippen molar-refractivity contribution < 1.29 is 4.79 Å². The molecular weight excluding hydrogens is 252 g/mol. The van der Waals surface area contributed by atoms with Gasteiger partial charge in [-0.2, -0.15) is 5.10 Å². The fourth-order valence-corrected chi connectivity index (χ4v) is 2.59. The molecule has 0 saturated carbocycles. The Hall–Kier alpha value is -2.43. The van der Waals surface area contributed by atoms with Crippen LogP contribution in [0.5, 0.6) is 0 Å². The van der Waals surface area contributed by atoms with Gasteiger partial charge in [0, 0.05) is 19.7 Å². The zero-order chi connectivity index (χ0) is 14.3. The molecular formula is C15H16N4O. The second-order valence-corrected chi connectivity index (χ2v) is 4.89. The number of rotatable bonds is 1. The molecule has 1 aromatic heterocycles. The summed E-state index contributed by atoms with van der Waals surface area (Å²) in [5.41, 5.74) is 3.66. The number of aromatic nitrogens is 2. The molecule has 0 atom stereocenters. The summed E-state index contributed by atoms with van der Waals surface area (Å²) in [6.45, 7) is 2.11. The van der Waals surface area contributed by atoms with Crippen LogP contribution in [-0.4, -0.2) is 35.0 Å². The van der Waals surface area contributed by atoms with Crippen LogP contribution in [0.4, 0.5) is 5.82 Å². The Kier molecular flexibility index (Phi) is 2.89. The van der Waals surface area contributed by atoms with Crippen molar-refractivity contribution in [1.29, 1.82) is 0 Å². The van der Waals surface area contributed by atoms with Crippen molar-refractivity contribution in [2.45, 2.75) is 6.92 Å². The molecule has 0 unspecified atom stereocenters. The standard InChI is InChI=1S/C15H16N4O/c1-10-13-14(11-7-5-4-6-8-11)16-9-12(20)18(2)15(13)19(3)17-10/h4-8H,9H2,1-3H3. The van der Waals surface area contributed by atoms with Gasteiger partial charge in [0.15, 0.2) is 0 Å². The molecule has 102 valence electrons. The summed E-state index contributed by atoms with van der Waals surface area (Å²) < 4.78 is 1.74. The molecule has 1 aliphatic rings. The van der Waals surface area contributed by atoms with Crippen LogP contribution < -0.4 is 4.90 Å². The highest BCUT2D eigenvalue weighted by Gasteiger charge is 2.28. The first-order valence-corrected chi connectivity index (χ1v) is 6.50. The maximum Gasteiger partial charge on any atom is 0.249 e. The molecule has 5 heteroatoms. The lowest BCUT2D eigenvalue weighted by molar-refractivity contribution is -0.117. The number of aryl methyl sites for hydroxylation is 2. The van der Waals surface area contributed by atoms with Crippen LogP contribution in [0.3, 0.4) is 0 Å². The van der Waals surface area contributed by atoms with Gasteiger partial charge in [-0.3, -0.25) is 19.4 Å². The molecule has 0 bridgehead atoms. The zero-order valence-electron chi connectivity index (χ0n) is 11.8. The van der Waals surface area contributed by atoms with E-state index in [1.807, 2.05) is 44.3 Å². The van der Waals surface area contributed by atoms with Crippen LogP contribution in [0, 0.1) is 6.92 Å². The van der Waals surface area contributed by atoms with Crippen LogP contribution in [0.2, 0.25) is 0 Å². The predicted molar refractivity (Wildman–Crippen MR) is 78.3 cm³/mol. The van der Waals surface area contributed by atoms with Crippen molar-refractivity contribution in [2.24, 2.45) is 12.0 Å². The third kappa shape index (κ3) is 1.82. The van der Waals surface area contributed by atoms with E-state index in [4.69, 9.17) is 0 Å². The van der Waals surface area contributed by atoms with E-state index in [1.54, 1.807) is 16.6 Å². The summed E-state index contributed by atoms with van der Waals surface area (Å²) in [6, 6.07) is 9.92. The quantitative estimate of drug-likeness (QED) is 0.787. The number of fused-ring (bicyclic) bond motifs is 1. The van der Waals surface area contributed by atoms with Gasteiger partial charge in [0.2, 0.25) is 5.91 Å². The lowest BCUT2D eigenvalue weighted by atomic mass is 10.0. The van der Waals surface area contributed by atoms with E-state index < -0.39 is 0 Å². The first-order valence-electron chi connectivity index (χ1n) is 6.50. The van der Waals surface area contributed by atoms with Gasteiger partial charge in [0.05, 0.1) is 17.0 Å². The Morgan fingerprint density at radius 3 is 2.55 bits per heavy atom. The van der Waals surface area contributed by atoms with Crippen LogP contribution in [0.25, 0.3) is 0 Å². The Balaban J connectivity index is 2.27. The highest BCUT2D eigenvalue weighted by molar-refractivity contribution is 6.19. The van der Waals surface area contributed by atoms with Crippen LogP contribution >= 0.6 is 0 Å². The van der Waals surface area contributed by atoms with E-state index in [0.29, 0.717) is 0 Å². The SMILES string of the molecule is Cc1nn(C)c2c1C(c1ccccc1)=NCC(=O)N2C. The lowest BCUT2D eigenvalue weighted by Crippen LogP contribution is -2.29. The number of anilines is 1. The first kappa shape index (κ1) is 12.6. The maximum atomic E-state index is 12.1. The van der Waals surface area contributed by atoms with Gasteiger partial charge in [-0.25, -0.2) is 0 Å². The minimum atomic E-state index is -0.0276. The molecule has 1 amide bonds. The molecule has 1 aliphatic heterocycles. The second kappa shape index (κ2) is 4.59. The summed E-state index contributed by atoms with van der Waals surface area (Å²) in [5, 5.41) is 4.44. The van der Waals surface area contributed by atoms with Gasteiger partial charge >= 0.3 is 0 Å². The monoisotopic (exact) mass is 268 g/mol. The number of amides is 1. The van der Waals surface area contributed by atoms with Crippen molar-refractivity contribution in [3.8, 4) is 0 Å². The van der Waals surface area contributed by atoms with Gasteiger partial charge in [0.25, 0.3) is 0 Å². The van der Waals surface area contributed by atoms with Gasteiger partial charge in [-0.1, -0.05) is 30.3 Å². The number of nitrogens with zero attached hydrogens (tertiary/aromatic N) is 4. The van der Waals surface area contributed by atoms with Gasteiger partial charge in [-0.15, -0.1) is 0 Å². The molecule has 20 heavy (non-hydrogen) atoms. The predicted octanol–water partition coefficient (Wildman–Crippen LogP) is 1.54. The van der Waals surface area contributed by atoms with E-state index in [0.717, 1.165) is 28.4 Å². The fraction of sp³-hybridized carbons (Fsp3) is 0.267. The highest BCUT2D eigenvalue weighted by Crippen LogP contribution is 2.28. The summed E-state index contributed by atoms with van der Waals surface area (Å²) in [6.07, 6.45) is 0. The summed E-state index contributed by atoms with van der Waals surface area (Å²) >= 11 is 0. The third-order valence-electron chi connectivity index (χ3n) is 3.54. The number of carbonyl (C=O) groups is 1. The van der Waals surface area contributed by atoms with Crippen LogP contribution in [0.15, 0.2) is 35.3 Å². The molecule has 0 spiro atoms. The van der Waals surface area contributed by atoms with Gasteiger partial charge in [0.1, 0.15) is 12.4 Å². The van der Waals surface area contributed by atoms with Crippen molar-refractivity contribution in [3.05, 3.63) is 47.2 Å². The minimum Gasteiger partial charge on any atom is -0.298 e. The second-order valence-electron chi connectivity index (χ2n) is 4.89. The van der Waals surface area contributed by atoms with Crippen molar-refractivity contribution in [1.82, 2.24) is 9.78 Å². The van der Waals surface area contributed by atoms with Crippen molar-refractivity contribution in [3.63, 3.8) is 0 Å². The Bertz CT molecular complexity index is 700. The maximum absolute atomic E-state index is 12.1. The van der Waals surface area contributed by atoms with Gasteiger partial charge < -0.3 is 0 Å². The molecule has 2 aromatic rings. The molecule has 1 aromatic carbocycles. The molecule has 5 nitrogen and oxygen atoms in total. The molecule has 0 aliphatic carbocycles. The summed E-state index contributed by atoms with van der Waals surface area (Å²) in [4.78, 5) is 18.2. The Morgan fingerprint density at radius 1 is 1.15 bits per heavy atom. The van der Waals surface area contributed by atoms with E-state index >= 15 is 0 Å². The smallest absolute Gasteiger partial charge is 0.249 e. The van der Waals surface area contributed by atoms with E-state index in [9.17, 15) is 4.79 Å². The summed E-state index contributed by atoms with van der Waals surface area (Å²) in [5.74, 6) is 0.771.